The molecule has 0 bridgehead atoms. The minimum atomic E-state index is -0.0768. The van der Waals surface area contributed by atoms with Crippen LogP contribution in [0.1, 0.15) is 16.8 Å². The van der Waals surface area contributed by atoms with Crippen molar-refractivity contribution in [1.82, 2.24) is 24.9 Å². The number of aromatic nitrogens is 2. The molecule has 0 spiro atoms. The fourth-order valence-electron chi connectivity index (χ4n) is 3.01. The van der Waals surface area contributed by atoms with Gasteiger partial charge < -0.3 is 19.9 Å². The number of hydrogen-bond donors (Lipinski definition) is 1. The Morgan fingerprint density at radius 1 is 1.11 bits per heavy atom. The van der Waals surface area contributed by atoms with Gasteiger partial charge in [-0.2, -0.15) is 5.10 Å². The lowest BCUT2D eigenvalue weighted by atomic mass is 10.1. The molecule has 2 heterocycles. The van der Waals surface area contributed by atoms with Crippen molar-refractivity contribution in [3.05, 3.63) is 48.3 Å². The quantitative estimate of drug-likeness (QED) is 0.780. The summed E-state index contributed by atoms with van der Waals surface area (Å²) in [7, 11) is 1.60. The van der Waals surface area contributed by atoms with Gasteiger partial charge in [0, 0.05) is 57.2 Å². The molecule has 1 aliphatic heterocycles. The van der Waals surface area contributed by atoms with Crippen molar-refractivity contribution in [2.75, 3.05) is 39.8 Å². The van der Waals surface area contributed by atoms with Crippen molar-refractivity contribution < 1.29 is 14.3 Å². The minimum absolute atomic E-state index is 0.0167. The van der Waals surface area contributed by atoms with Crippen molar-refractivity contribution >= 4 is 11.9 Å². The summed E-state index contributed by atoms with van der Waals surface area (Å²) < 4.78 is 6.96. The van der Waals surface area contributed by atoms with E-state index < -0.39 is 0 Å². The number of amides is 3. The van der Waals surface area contributed by atoms with Crippen LogP contribution in [0.3, 0.4) is 0 Å². The number of aryl methyl sites for hydroxylation is 1. The monoisotopic (exact) mass is 371 g/mol. The number of carbonyl (C=O) groups excluding carboxylic acids is 2. The molecule has 0 saturated carbocycles. The Morgan fingerprint density at radius 3 is 2.44 bits per heavy atom. The molecule has 8 nitrogen and oxygen atoms in total. The second kappa shape index (κ2) is 9.07. The first-order valence-corrected chi connectivity index (χ1v) is 9.11. The van der Waals surface area contributed by atoms with Crippen LogP contribution < -0.4 is 10.1 Å². The smallest absolute Gasteiger partial charge is 0.317 e. The van der Waals surface area contributed by atoms with E-state index >= 15 is 0 Å². The van der Waals surface area contributed by atoms with Gasteiger partial charge in [0.25, 0.3) is 5.91 Å². The normalized spacial score (nSPS) is 14.1. The predicted octanol–water partition coefficient (Wildman–Crippen LogP) is 1.45. The van der Waals surface area contributed by atoms with Crippen molar-refractivity contribution in [3.8, 4) is 5.75 Å². The maximum atomic E-state index is 12.6. The number of rotatable bonds is 6. The van der Waals surface area contributed by atoms with Crippen LogP contribution >= 0.6 is 0 Å². The van der Waals surface area contributed by atoms with Crippen molar-refractivity contribution in [2.45, 2.75) is 13.0 Å². The topological polar surface area (TPSA) is 79.7 Å². The van der Waals surface area contributed by atoms with Crippen LogP contribution in [0.25, 0.3) is 0 Å². The molecule has 1 aromatic carbocycles. The Kier molecular flexibility index (Phi) is 6.30. The second-order valence-corrected chi connectivity index (χ2v) is 6.36. The van der Waals surface area contributed by atoms with Crippen LogP contribution in [-0.2, 0) is 6.54 Å². The number of hydrogen-bond acceptors (Lipinski definition) is 4. The van der Waals surface area contributed by atoms with Gasteiger partial charge >= 0.3 is 6.03 Å². The Morgan fingerprint density at radius 2 is 1.81 bits per heavy atom. The van der Waals surface area contributed by atoms with E-state index in [4.69, 9.17) is 4.74 Å². The summed E-state index contributed by atoms with van der Waals surface area (Å²) in [6.45, 7) is 3.51. The first-order chi connectivity index (χ1) is 13.2. The first-order valence-electron chi connectivity index (χ1n) is 9.11. The molecular formula is C19H25N5O3. The highest BCUT2D eigenvalue weighted by Gasteiger charge is 2.24. The highest BCUT2D eigenvalue weighted by atomic mass is 16.5. The van der Waals surface area contributed by atoms with E-state index in [2.05, 4.69) is 10.4 Å². The number of benzene rings is 1. The molecule has 1 saturated heterocycles. The molecule has 3 rings (SSSR count). The third-order valence-corrected chi connectivity index (χ3v) is 4.59. The zero-order chi connectivity index (χ0) is 19.1. The molecule has 0 atom stereocenters. The highest BCUT2D eigenvalue weighted by Crippen LogP contribution is 2.14. The third kappa shape index (κ3) is 4.99. The van der Waals surface area contributed by atoms with Gasteiger partial charge in [-0.05, 0) is 36.8 Å². The maximum absolute atomic E-state index is 12.6. The number of nitrogens with one attached hydrogen (secondary N) is 1. The Hall–Kier alpha value is -3.03. The molecule has 144 valence electrons. The summed E-state index contributed by atoms with van der Waals surface area (Å²) in [6, 6.07) is 8.89. The lowest BCUT2D eigenvalue weighted by Gasteiger charge is -2.34. The van der Waals surface area contributed by atoms with E-state index in [1.165, 1.54) is 0 Å². The van der Waals surface area contributed by atoms with E-state index in [9.17, 15) is 9.59 Å². The first kappa shape index (κ1) is 18.8. The van der Waals surface area contributed by atoms with Gasteiger partial charge in [-0.3, -0.25) is 9.48 Å². The minimum Gasteiger partial charge on any atom is -0.497 e. The molecule has 27 heavy (non-hydrogen) atoms. The van der Waals surface area contributed by atoms with Gasteiger partial charge in [0.15, 0.2) is 0 Å². The Labute approximate surface area is 158 Å². The fraction of sp³-hybridized carbons (Fsp3) is 0.421. The van der Waals surface area contributed by atoms with Crippen molar-refractivity contribution in [3.63, 3.8) is 0 Å². The largest absolute Gasteiger partial charge is 0.497 e. The SMILES string of the molecule is COc1ccc(C(=O)N2CCN(C(=O)NCCCn3cccn3)CC2)cc1. The number of carbonyl (C=O) groups is 2. The molecule has 1 aliphatic rings. The molecule has 0 aliphatic carbocycles. The average molecular weight is 371 g/mol. The number of methoxy groups -OCH3 is 1. The van der Waals surface area contributed by atoms with Crippen molar-refractivity contribution in [1.29, 1.82) is 0 Å². The molecule has 1 N–H and O–H groups in total. The molecule has 1 aromatic heterocycles. The third-order valence-electron chi connectivity index (χ3n) is 4.59. The zero-order valence-electron chi connectivity index (χ0n) is 15.5. The van der Waals surface area contributed by atoms with Crippen LogP contribution in [0.15, 0.2) is 42.7 Å². The van der Waals surface area contributed by atoms with Crippen LogP contribution in [0.2, 0.25) is 0 Å². The average Bonchev–Trinajstić information content (AvgIpc) is 3.24. The van der Waals surface area contributed by atoms with Crippen LogP contribution in [0, 0.1) is 0 Å². The molecule has 3 amide bonds. The summed E-state index contributed by atoms with van der Waals surface area (Å²) in [4.78, 5) is 28.3. The number of urea groups is 1. The molecule has 2 aromatic rings. The molecule has 1 fully saturated rings. The van der Waals surface area contributed by atoms with Gasteiger partial charge in [-0.1, -0.05) is 0 Å². The lowest BCUT2D eigenvalue weighted by Crippen LogP contribution is -2.53. The standard InChI is InChI=1S/C19H25N5O3/c1-27-17-6-4-16(5-7-17)18(25)22-12-14-23(15-13-22)19(26)20-8-2-10-24-11-3-9-21-24/h3-7,9,11H,2,8,10,12-15H2,1H3,(H,20,26). The van der Waals surface area contributed by atoms with Crippen molar-refractivity contribution in [2.24, 2.45) is 0 Å². The van der Waals surface area contributed by atoms with E-state index in [-0.39, 0.29) is 11.9 Å². The Balaban J connectivity index is 1.39. The Bertz CT molecular complexity index is 737. The fourth-order valence-corrected chi connectivity index (χ4v) is 3.01. The van der Waals surface area contributed by atoms with Gasteiger partial charge in [0.05, 0.1) is 7.11 Å². The van der Waals surface area contributed by atoms with E-state index in [0.29, 0.717) is 38.3 Å². The predicted molar refractivity (Wildman–Crippen MR) is 101 cm³/mol. The summed E-state index contributed by atoms with van der Waals surface area (Å²) in [5, 5.41) is 7.06. The van der Waals surface area contributed by atoms with Crippen LogP contribution in [-0.4, -0.2) is 71.4 Å². The summed E-state index contributed by atoms with van der Waals surface area (Å²) in [6.07, 6.45) is 4.47. The highest BCUT2D eigenvalue weighted by molar-refractivity contribution is 5.94. The van der Waals surface area contributed by atoms with Gasteiger partial charge in [0.2, 0.25) is 0 Å². The summed E-state index contributed by atoms with van der Waals surface area (Å²) >= 11 is 0. The van der Waals surface area contributed by atoms with Gasteiger partial charge in [-0.15, -0.1) is 0 Å². The van der Waals surface area contributed by atoms with Crippen LogP contribution in [0.5, 0.6) is 5.75 Å². The number of ether oxygens (including phenoxy) is 1. The molecule has 0 radical (unpaired) electrons. The summed E-state index contributed by atoms with van der Waals surface area (Å²) in [5.74, 6) is 0.706. The number of nitrogens with zero attached hydrogens (tertiary/aromatic N) is 4. The zero-order valence-corrected chi connectivity index (χ0v) is 15.5. The van der Waals surface area contributed by atoms with Crippen LogP contribution in [0.4, 0.5) is 4.79 Å². The molecular weight excluding hydrogens is 346 g/mol. The van der Waals surface area contributed by atoms with Gasteiger partial charge in [-0.25, -0.2) is 4.79 Å². The van der Waals surface area contributed by atoms with E-state index in [0.717, 1.165) is 18.7 Å². The molecule has 8 heteroatoms. The van der Waals surface area contributed by atoms with E-state index in [1.54, 1.807) is 47.4 Å². The van der Waals surface area contributed by atoms with Gasteiger partial charge in [0.1, 0.15) is 5.75 Å². The lowest BCUT2D eigenvalue weighted by molar-refractivity contribution is 0.0665. The van der Waals surface area contributed by atoms with E-state index in [1.807, 2.05) is 16.9 Å². The second-order valence-electron chi connectivity index (χ2n) is 6.36. The molecule has 0 unspecified atom stereocenters. The maximum Gasteiger partial charge on any atom is 0.317 e. The summed E-state index contributed by atoms with van der Waals surface area (Å²) in [5.41, 5.74) is 0.632. The number of piperazine rings is 1.